The van der Waals surface area contributed by atoms with E-state index in [1.54, 1.807) is 0 Å². The molecule has 0 aromatic heterocycles. The molecule has 1 N–H and O–H groups in total. The summed E-state index contributed by atoms with van der Waals surface area (Å²) in [4.78, 5) is 5.34. The van der Waals surface area contributed by atoms with Gasteiger partial charge in [0.05, 0.1) is 0 Å². The number of unbranched alkanes of at least 4 members (excludes halogenated alkanes) is 1. The molecule has 106 valence electrons. The number of likely N-dealkylation sites (tertiary alicyclic amines) is 1. The monoisotopic (exact) mass is 253 g/mol. The Hall–Kier alpha value is -0.120. The van der Waals surface area contributed by atoms with Gasteiger partial charge in [-0.05, 0) is 58.3 Å². The van der Waals surface area contributed by atoms with Crippen LogP contribution in [0.1, 0.15) is 45.4 Å². The first-order valence-electron chi connectivity index (χ1n) is 8.06. The van der Waals surface area contributed by atoms with Crippen LogP contribution in [-0.2, 0) is 0 Å². The van der Waals surface area contributed by atoms with Gasteiger partial charge >= 0.3 is 0 Å². The second-order valence-corrected chi connectivity index (χ2v) is 6.00. The zero-order valence-corrected chi connectivity index (χ0v) is 12.2. The molecule has 0 amide bonds. The molecule has 18 heavy (non-hydrogen) atoms. The smallest absolute Gasteiger partial charge is 0.0195 e. The summed E-state index contributed by atoms with van der Waals surface area (Å²) in [7, 11) is 0. The summed E-state index contributed by atoms with van der Waals surface area (Å²) in [6.07, 6.45) is 8.26. The van der Waals surface area contributed by atoms with Crippen molar-refractivity contribution in [1.29, 1.82) is 0 Å². The molecule has 1 atom stereocenters. The number of hydrogen-bond acceptors (Lipinski definition) is 3. The maximum atomic E-state index is 3.64. The highest BCUT2D eigenvalue weighted by atomic mass is 15.2. The zero-order valence-electron chi connectivity index (χ0n) is 12.2. The van der Waals surface area contributed by atoms with E-state index < -0.39 is 0 Å². The van der Waals surface area contributed by atoms with Crippen molar-refractivity contribution < 1.29 is 0 Å². The SMILES string of the molecule is CCCCN(CCN1CCCC1)CC1CCCN1. The number of rotatable bonds is 8. The first-order chi connectivity index (χ1) is 8.88. The minimum atomic E-state index is 0.764. The van der Waals surface area contributed by atoms with Crippen molar-refractivity contribution in [2.24, 2.45) is 0 Å². The first-order valence-corrected chi connectivity index (χ1v) is 8.06. The Morgan fingerprint density at radius 1 is 1.17 bits per heavy atom. The van der Waals surface area contributed by atoms with E-state index in [4.69, 9.17) is 0 Å². The standard InChI is InChI=1S/C15H31N3/c1-2-3-9-18(14-15-7-6-8-16-15)13-12-17-10-4-5-11-17/h15-16H,2-14H2,1H3. The minimum Gasteiger partial charge on any atom is -0.313 e. The van der Waals surface area contributed by atoms with Crippen LogP contribution in [0.25, 0.3) is 0 Å². The topological polar surface area (TPSA) is 18.5 Å². The van der Waals surface area contributed by atoms with Gasteiger partial charge in [0.1, 0.15) is 0 Å². The summed E-state index contributed by atoms with van der Waals surface area (Å²) < 4.78 is 0. The summed E-state index contributed by atoms with van der Waals surface area (Å²) in [5.41, 5.74) is 0. The number of hydrogen-bond donors (Lipinski definition) is 1. The van der Waals surface area contributed by atoms with Gasteiger partial charge in [-0.3, -0.25) is 0 Å². The molecule has 1 unspecified atom stereocenters. The van der Waals surface area contributed by atoms with Crippen LogP contribution in [0.15, 0.2) is 0 Å². The molecule has 2 saturated heterocycles. The second kappa shape index (κ2) is 8.13. The van der Waals surface area contributed by atoms with Crippen molar-refractivity contribution >= 4 is 0 Å². The highest BCUT2D eigenvalue weighted by Gasteiger charge is 2.18. The lowest BCUT2D eigenvalue weighted by molar-refractivity contribution is 0.208. The largest absolute Gasteiger partial charge is 0.313 e. The Morgan fingerprint density at radius 2 is 2.00 bits per heavy atom. The molecule has 2 heterocycles. The Balaban J connectivity index is 1.68. The van der Waals surface area contributed by atoms with Crippen molar-refractivity contribution in [3.05, 3.63) is 0 Å². The maximum Gasteiger partial charge on any atom is 0.0195 e. The van der Waals surface area contributed by atoms with Crippen LogP contribution in [-0.4, -0.2) is 61.7 Å². The van der Waals surface area contributed by atoms with Crippen LogP contribution in [0.4, 0.5) is 0 Å². The van der Waals surface area contributed by atoms with Gasteiger partial charge in [0.15, 0.2) is 0 Å². The van der Waals surface area contributed by atoms with Crippen LogP contribution in [0, 0.1) is 0 Å². The third-order valence-corrected chi connectivity index (χ3v) is 4.40. The van der Waals surface area contributed by atoms with E-state index in [-0.39, 0.29) is 0 Å². The van der Waals surface area contributed by atoms with Crippen LogP contribution in [0.3, 0.4) is 0 Å². The second-order valence-electron chi connectivity index (χ2n) is 6.00. The normalized spacial score (nSPS) is 25.3. The molecular formula is C15H31N3. The summed E-state index contributed by atoms with van der Waals surface area (Å²) in [6, 6.07) is 0.764. The van der Waals surface area contributed by atoms with E-state index in [2.05, 4.69) is 22.0 Å². The third-order valence-electron chi connectivity index (χ3n) is 4.40. The molecule has 3 nitrogen and oxygen atoms in total. The average Bonchev–Trinajstić information content (AvgIpc) is 3.05. The van der Waals surface area contributed by atoms with Gasteiger partial charge in [-0.1, -0.05) is 13.3 Å². The molecule has 0 radical (unpaired) electrons. The highest BCUT2D eigenvalue weighted by Crippen LogP contribution is 2.10. The highest BCUT2D eigenvalue weighted by molar-refractivity contribution is 4.78. The fraction of sp³-hybridized carbons (Fsp3) is 1.00. The third kappa shape index (κ3) is 4.87. The molecule has 0 bridgehead atoms. The summed E-state index contributed by atoms with van der Waals surface area (Å²) >= 11 is 0. The Kier molecular flexibility index (Phi) is 6.46. The molecule has 2 fully saturated rings. The molecule has 2 aliphatic heterocycles. The van der Waals surface area contributed by atoms with Crippen molar-refractivity contribution in [3.8, 4) is 0 Å². The van der Waals surface area contributed by atoms with Crippen molar-refractivity contribution in [2.45, 2.75) is 51.5 Å². The Morgan fingerprint density at radius 3 is 2.67 bits per heavy atom. The first kappa shape index (κ1) is 14.3. The molecule has 0 aliphatic carbocycles. The summed E-state index contributed by atoms with van der Waals surface area (Å²) in [5.74, 6) is 0. The minimum absolute atomic E-state index is 0.764. The summed E-state index contributed by atoms with van der Waals surface area (Å²) in [6.45, 7) is 11.3. The predicted octanol–water partition coefficient (Wildman–Crippen LogP) is 1.94. The lowest BCUT2D eigenvalue weighted by Gasteiger charge is -2.27. The molecule has 0 spiro atoms. The van der Waals surface area contributed by atoms with Gasteiger partial charge in [-0.2, -0.15) is 0 Å². The molecule has 0 aromatic carbocycles. The van der Waals surface area contributed by atoms with E-state index in [0.29, 0.717) is 0 Å². The molecule has 2 aliphatic rings. The lowest BCUT2D eigenvalue weighted by Crippen LogP contribution is -2.41. The molecular weight excluding hydrogens is 222 g/mol. The average molecular weight is 253 g/mol. The van der Waals surface area contributed by atoms with Gasteiger partial charge in [0.25, 0.3) is 0 Å². The molecule has 0 saturated carbocycles. The molecule has 0 aromatic rings. The number of nitrogens with one attached hydrogen (secondary N) is 1. The van der Waals surface area contributed by atoms with Crippen LogP contribution < -0.4 is 5.32 Å². The molecule has 3 heteroatoms. The van der Waals surface area contributed by atoms with Crippen LogP contribution in [0.5, 0.6) is 0 Å². The van der Waals surface area contributed by atoms with Gasteiger partial charge in [-0.15, -0.1) is 0 Å². The van der Waals surface area contributed by atoms with Crippen molar-refractivity contribution in [1.82, 2.24) is 15.1 Å². The van der Waals surface area contributed by atoms with Gasteiger partial charge in [0, 0.05) is 25.7 Å². The fourth-order valence-electron chi connectivity index (χ4n) is 3.19. The van der Waals surface area contributed by atoms with E-state index in [9.17, 15) is 0 Å². The quantitative estimate of drug-likeness (QED) is 0.713. The fourth-order valence-corrected chi connectivity index (χ4v) is 3.19. The Labute approximate surface area is 113 Å². The van der Waals surface area contributed by atoms with Gasteiger partial charge in [-0.25, -0.2) is 0 Å². The molecule has 2 rings (SSSR count). The van der Waals surface area contributed by atoms with Crippen molar-refractivity contribution in [2.75, 3.05) is 45.8 Å². The van der Waals surface area contributed by atoms with Crippen LogP contribution in [0.2, 0.25) is 0 Å². The van der Waals surface area contributed by atoms with E-state index in [1.165, 1.54) is 84.3 Å². The predicted molar refractivity (Wildman–Crippen MR) is 78.0 cm³/mol. The Bertz CT molecular complexity index is 208. The van der Waals surface area contributed by atoms with Crippen LogP contribution >= 0.6 is 0 Å². The zero-order chi connectivity index (χ0) is 12.6. The maximum absolute atomic E-state index is 3.64. The lowest BCUT2D eigenvalue weighted by atomic mass is 10.2. The van der Waals surface area contributed by atoms with Gasteiger partial charge < -0.3 is 15.1 Å². The van der Waals surface area contributed by atoms with E-state index in [1.807, 2.05) is 0 Å². The number of nitrogens with zero attached hydrogens (tertiary/aromatic N) is 2. The van der Waals surface area contributed by atoms with Crippen molar-refractivity contribution in [3.63, 3.8) is 0 Å². The summed E-state index contributed by atoms with van der Waals surface area (Å²) in [5, 5.41) is 3.64. The van der Waals surface area contributed by atoms with E-state index >= 15 is 0 Å². The van der Waals surface area contributed by atoms with Gasteiger partial charge in [0.2, 0.25) is 0 Å². The van der Waals surface area contributed by atoms with E-state index in [0.717, 1.165) is 6.04 Å².